The number of para-hydroxylation sites is 1. The van der Waals surface area contributed by atoms with Crippen LogP contribution in [-0.2, 0) is 6.42 Å². The Bertz CT molecular complexity index is 1080. The first-order valence-corrected chi connectivity index (χ1v) is 10.4. The van der Waals surface area contributed by atoms with Crippen LogP contribution in [0.2, 0.25) is 0 Å². The van der Waals surface area contributed by atoms with Crippen LogP contribution < -0.4 is 16.4 Å². The molecule has 1 aliphatic heterocycles. The van der Waals surface area contributed by atoms with Crippen LogP contribution >= 0.6 is 11.3 Å². The number of urea groups is 1. The molecular formula is C21H22N6O2S. The fourth-order valence-corrected chi connectivity index (χ4v) is 4.83. The smallest absolute Gasteiger partial charge is 0.325 e. The van der Waals surface area contributed by atoms with Crippen LogP contribution in [0.3, 0.4) is 0 Å². The van der Waals surface area contributed by atoms with E-state index in [-0.39, 0.29) is 11.0 Å². The highest BCUT2D eigenvalue weighted by Gasteiger charge is 2.38. The number of thiazole rings is 1. The van der Waals surface area contributed by atoms with Gasteiger partial charge < -0.3 is 16.4 Å². The lowest BCUT2D eigenvalue weighted by molar-refractivity contribution is 0.0999. The monoisotopic (exact) mass is 422 g/mol. The lowest BCUT2D eigenvalue weighted by Crippen LogP contribution is -2.48. The Morgan fingerprint density at radius 3 is 2.73 bits per heavy atom. The summed E-state index contributed by atoms with van der Waals surface area (Å²) in [5, 5.41) is 0.244. The molecule has 0 fully saturated rings. The van der Waals surface area contributed by atoms with Crippen molar-refractivity contribution < 1.29 is 9.59 Å². The molecule has 1 aromatic carbocycles. The molecule has 0 saturated heterocycles. The summed E-state index contributed by atoms with van der Waals surface area (Å²) in [6.07, 6.45) is 3.88. The largest absolute Gasteiger partial charge is 0.398 e. The van der Waals surface area contributed by atoms with Gasteiger partial charge in [-0.15, -0.1) is 11.3 Å². The zero-order chi connectivity index (χ0) is 21.3. The van der Waals surface area contributed by atoms with Crippen molar-refractivity contribution in [3.05, 3.63) is 69.9 Å². The highest BCUT2D eigenvalue weighted by molar-refractivity contribution is 7.13. The fraction of sp³-hybridized carbons (Fsp3) is 0.238. The molecule has 0 spiro atoms. The molecule has 2 aromatic heterocycles. The van der Waals surface area contributed by atoms with Crippen molar-refractivity contribution in [2.45, 2.75) is 19.4 Å². The summed E-state index contributed by atoms with van der Waals surface area (Å²) in [4.78, 5) is 38.2. The van der Waals surface area contributed by atoms with E-state index in [1.54, 1.807) is 34.3 Å². The summed E-state index contributed by atoms with van der Waals surface area (Å²) >= 11 is 1.23. The highest BCUT2D eigenvalue weighted by Crippen LogP contribution is 2.41. The van der Waals surface area contributed by atoms with Gasteiger partial charge in [0.15, 0.2) is 5.01 Å². The second-order valence-corrected chi connectivity index (χ2v) is 7.94. The van der Waals surface area contributed by atoms with Crippen molar-refractivity contribution in [3.63, 3.8) is 0 Å². The van der Waals surface area contributed by atoms with Gasteiger partial charge in [0, 0.05) is 37.0 Å². The number of rotatable bonds is 4. The highest BCUT2D eigenvalue weighted by atomic mass is 32.1. The first kappa shape index (κ1) is 19.8. The Labute approximate surface area is 178 Å². The molecule has 8 nitrogen and oxygen atoms in total. The minimum absolute atomic E-state index is 0.154. The molecule has 1 aliphatic rings. The Hall–Kier alpha value is -3.46. The van der Waals surface area contributed by atoms with E-state index in [4.69, 9.17) is 11.5 Å². The molecule has 0 bridgehead atoms. The fourth-order valence-electron chi connectivity index (χ4n) is 3.73. The molecule has 1 unspecified atom stereocenters. The van der Waals surface area contributed by atoms with Gasteiger partial charge in [0.05, 0.1) is 28.5 Å². The quantitative estimate of drug-likeness (QED) is 0.627. The lowest BCUT2D eigenvalue weighted by Gasteiger charge is -2.38. The number of hydrogen-bond donors (Lipinski definition) is 2. The summed E-state index contributed by atoms with van der Waals surface area (Å²) < 4.78 is 0. The Morgan fingerprint density at radius 2 is 2.07 bits per heavy atom. The summed E-state index contributed by atoms with van der Waals surface area (Å²) in [5.74, 6) is -0.572. The van der Waals surface area contributed by atoms with E-state index in [1.807, 2.05) is 31.2 Å². The third kappa shape index (κ3) is 3.48. The molecule has 0 saturated carbocycles. The number of aromatic nitrogens is 2. The van der Waals surface area contributed by atoms with Gasteiger partial charge in [-0.25, -0.2) is 9.78 Å². The minimum atomic E-state index is -0.572. The first-order chi connectivity index (χ1) is 14.5. The number of carbonyl (C=O) groups excluding carboxylic acids is 2. The van der Waals surface area contributed by atoms with E-state index >= 15 is 0 Å². The van der Waals surface area contributed by atoms with Gasteiger partial charge >= 0.3 is 6.03 Å². The molecule has 3 amide bonds. The predicted octanol–water partition coefficient (Wildman–Crippen LogP) is 2.81. The number of amides is 3. The maximum atomic E-state index is 13.7. The predicted molar refractivity (Wildman–Crippen MR) is 116 cm³/mol. The second-order valence-electron chi connectivity index (χ2n) is 6.91. The van der Waals surface area contributed by atoms with Crippen molar-refractivity contribution in [3.8, 4) is 0 Å². The molecular weight excluding hydrogens is 400 g/mol. The summed E-state index contributed by atoms with van der Waals surface area (Å²) in [6, 6.07) is 10.5. The normalized spacial score (nSPS) is 15.5. The number of benzene rings is 1. The number of carbonyl (C=O) groups is 2. The van der Waals surface area contributed by atoms with Crippen LogP contribution in [0.25, 0.3) is 0 Å². The van der Waals surface area contributed by atoms with Crippen LogP contribution in [0.15, 0.2) is 48.8 Å². The molecule has 3 heterocycles. The van der Waals surface area contributed by atoms with E-state index in [0.717, 1.165) is 21.8 Å². The zero-order valence-electron chi connectivity index (χ0n) is 16.5. The minimum Gasteiger partial charge on any atom is -0.398 e. The molecule has 3 aromatic rings. The standard InChI is InChI=1S/C21H22N6O2S/c1-2-26(13-6-5-10-24-12-13)21(29)27-11-9-16-18(30-20(25-16)19(23)28)17(27)14-7-3-4-8-15(14)22/h3-8,10,12,17H,2,9,11,22H2,1H3,(H2,23,28). The van der Waals surface area contributed by atoms with Gasteiger partial charge in [-0.05, 0) is 25.1 Å². The average Bonchev–Trinajstić information content (AvgIpc) is 3.20. The van der Waals surface area contributed by atoms with Crippen molar-refractivity contribution >= 4 is 34.6 Å². The molecule has 0 aliphatic carbocycles. The average molecular weight is 423 g/mol. The van der Waals surface area contributed by atoms with Gasteiger partial charge in [-0.1, -0.05) is 18.2 Å². The molecule has 9 heteroatoms. The number of primary amides is 1. The lowest BCUT2D eigenvalue weighted by atomic mass is 9.96. The summed E-state index contributed by atoms with van der Waals surface area (Å²) in [5.41, 5.74) is 14.6. The van der Waals surface area contributed by atoms with E-state index in [9.17, 15) is 9.59 Å². The molecule has 4 N–H and O–H groups in total. The van der Waals surface area contributed by atoms with E-state index in [0.29, 0.717) is 25.2 Å². The number of nitrogens with zero attached hydrogens (tertiary/aromatic N) is 4. The maximum Gasteiger partial charge on any atom is 0.325 e. The van der Waals surface area contributed by atoms with Gasteiger partial charge in [0.25, 0.3) is 5.91 Å². The SMILES string of the molecule is CCN(C(=O)N1CCc2nc(C(N)=O)sc2C1c1ccccc1N)c1cccnc1. The van der Waals surface area contributed by atoms with Crippen LogP contribution in [0.1, 0.15) is 38.9 Å². The third-order valence-corrected chi connectivity index (χ3v) is 6.29. The first-order valence-electron chi connectivity index (χ1n) is 9.63. The van der Waals surface area contributed by atoms with E-state index in [2.05, 4.69) is 9.97 Å². The molecule has 154 valence electrons. The summed E-state index contributed by atoms with van der Waals surface area (Å²) in [6.45, 7) is 2.85. The van der Waals surface area contributed by atoms with E-state index < -0.39 is 11.9 Å². The molecule has 0 radical (unpaired) electrons. The Morgan fingerprint density at radius 1 is 1.27 bits per heavy atom. The third-order valence-electron chi connectivity index (χ3n) is 5.13. The number of anilines is 2. The van der Waals surface area contributed by atoms with Crippen LogP contribution in [0, 0.1) is 0 Å². The van der Waals surface area contributed by atoms with Crippen LogP contribution in [0.5, 0.6) is 0 Å². The number of hydrogen-bond acceptors (Lipinski definition) is 6. The maximum absolute atomic E-state index is 13.7. The van der Waals surface area contributed by atoms with Crippen LogP contribution in [-0.4, -0.2) is 39.9 Å². The van der Waals surface area contributed by atoms with Crippen molar-refractivity contribution in [2.75, 3.05) is 23.7 Å². The Kier molecular flexibility index (Phi) is 5.37. The molecule has 1 atom stereocenters. The number of nitrogens with two attached hydrogens (primary N) is 2. The van der Waals surface area contributed by atoms with E-state index in [1.165, 1.54) is 11.3 Å². The molecule has 4 rings (SSSR count). The van der Waals surface area contributed by atoms with Gasteiger partial charge in [-0.3, -0.25) is 14.7 Å². The van der Waals surface area contributed by atoms with Gasteiger partial charge in [0.1, 0.15) is 0 Å². The van der Waals surface area contributed by atoms with Crippen molar-refractivity contribution in [1.29, 1.82) is 0 Å². The van der Waals surface area contributed by atoms with Crippen molar-refractivity contribution in [2.24, 2.45) is 5.73 Å². The van der Waals surface area contributed by atoms with Crippen LogP contribution in [0.4, 0.5) is 16.2 Å². The number of fused-ring (bicyclic) bond motifs is 1. The van der Waals surface area contributed by atoms with Gasteiger partial charge in [0.2, 0.25) is 0 Å². The van der Waals surface area contributed by atoms with Crippen molar-refractivity contribution in [1.82, 2.24) is 14.9 Å². The number of pyridine rings is 1. The zero-order valence-corrected chi connectivity index (χ0v) is 17.3. The van der Waals surface area contributed by atoms with Gasteiger partial charge in [-0.2, -0.15) is 0 Å². The molecule has 30 heavy (non-hydrogen) atoms. The second kappa shape index (κ2) is 8.11. The Balaban J connectivity index is 1.81. The number of nitrogen functional groups attached to an aromatic ring is 1. The topological polar surface area (TPSA) is 118 Å². The summed E-state index contributed by atoms with van der Waals surface area (Å²) in [7, 11) is 0.